The quantitative estimate of drug-likeness (QED) is 0.695. The summed E-state index contributed by atoms with van der Waals surface area (Å²) in [4.78, 5) is 20.7. The van der Waals surface area contributed by atoms with E-state index in [-0.39, 0.29) is 11.5 Å². The molecule has 5 heteroatoms. The SMILES string of the molecule is CCCCC(CC)C(=O)O.Nc1ccc(C(=O)O)cc1. The maximum absolute atomic E-state index is 10.4. The van der Waals surface area contributed by atoms with E-state index in [0.717, 1.165) is 25.7 Å². The van der Waals surface area contributed by atoms with Gasteiger partial charge in [-0.3, -0.25) is 4.79 Å². The first-order valence-electron chi connectivity index (χ1n) is 6.73. The molecule has 0 aliphatic heterocycles. The van der Waals surface area contributed by atoms with Crippen molar-refractivity contribution in [1.29, 1.82) is 0 Å². The third-order valence-corrected chi connectivity index (χ3v) is 2.91. The number of hydrogen-bond acceptors (Lipinski definition) is 3. The number of hydrogen-bond donors (Lipinski definition) is 3. The number of anilines is 1. The number of carbonyl (C=O) groups is 2. The second-order valence-corrected chi connectivity index (χ2v) is 4.51. The monoisotopic (exact) mass is 281 g/mol. The first kappa shape index (κ1) is 18.0. The van der Waals surface area contributed by atoms with Gasteiger partial charge in [0.05, 0.1) is 11.5 Å². The summed E-state index contributed by atoms with van der Waals surface area (Å²) in [6, 6.07) is 6.06. The van der Waals surface area contributed by atoms with Crippen LogP contribution in [-0.4, -0.2) is 22.2 Å². The summed E-state index contributed by atoms with van der Waals surface area (Å²) < 4.78 is 0. The van der Waals surface area contributed by atoms with Crippen LogP contribution in [-0.2, 0) is 4.79 Å². The number of benzene rings is 1. The Bertz CT molecular complexity index is 414. The van der Waals surface area contributed by atoms with Gasteiger partial charge in [0, 0.05) is 5.69 Å². The number of unbranched alkanes of at least 4 members (excludes halogenated alkanes) is 1. The minimum atomic E-state index is -0.931. The second kappa shape index (κ2) is 9.83. The van der Waals surface area contributed by atoms with Crippen molar-refractivity contribution >= 4 is 17.6 Å². The van der Waals surface area contributed by atoms with Gasteiger partial charge in [0.15, 0.2) is 0 Å². The fourth-order valence-corrected chi connectivity index (χ4v) is 1.58. The highest BCUT2D eigenvalue weighted by Crippen LogP contribution is 2.11. The van der Waals surface area contributed by atoms with Crippen LogP contribution in [0.2, 0.25) is 0 Å². The Morgan fingerprint density at radius 3 is 2.05 bits per heavy atom. The van der Waals surface area contributed by atoms with Crippen LogP contribution in [0.1, 0.15) is 49.9 Å². The van der Waals surface area contributed by atoms with E-state index < -0.39 is 11.9 Å². The summed E-state index contributed by atoms with van der Waals surface area (Å²) in [5, 5.41) is 17.0. The zero-order valence-corrected chi connectivity index (χ0v) is 12.0. The average molecular weight is 281 g/mol. The normalized spacial score (nSPS) is 11.1. The molecule has 5 nitrogen and oxygen atoms in total. The molecule has 0 radical (unpaired) electrons. The molecule has 4 N–H and O–H groups in total. The molecule has 0 aliphatic carbocycles. The van der Waals surface area contributed by atoms with Crippen molar-refractivity contribution < 1.29 is 19.8 Å². The summed E-state index contributed by atoms with van der Waals surface area (Å²) in [6.07, 6.45) is 3.71. The van der Waals surface area contributed by atoms with Gasteiger partial charge in [0.2, 0.25) is 0 Å². The number of nitrogens with two attached hydrogens (primary N) is 1. The molecule has 0 aliphatic rings. The summed E-state index contributed by atoms with van der Waals surface area (Å²) in [5.41, 5.74) is 6.17. The van der Waals surface area contributed by atoms with Crippen molar-refractivity contribution in [2.45, 2.75) is 39.5 Å². The van der Waals surface area contributed by atoms with Crippen LogP contribution in [0.15, 0.2) is 24.3 Å². The van der Waals surface area contributed by atoms with Gasteiger partial charge in [-0.2, -0.15) is 0 Å². The van der Waals surface area contributed by atoms with Gasteiger partial charge in [-0.15, -0.1) is 0 Å². The Kier molecular flexibility index (Phi) is 8.83. The van der Waals surface area contributed by atoms with Gasteiger partial charge in [-0.1, -0.05) is 26.7 Å². The van der Waals surface area contributed by atoms with Crippen LogP contribution in [0.3, 0.4) is 0 Å². The lowest BCUT2D eigenvalue weighted by molar-refractivity contribution is -0.142. The molecule has 0 amide bonds. The Hall–Kier alpha value is -2.04. The van der Waals surface area contributed by atoms with E-state index in [9.17, 15) is 9.59 Å². The lowest BCUT2D eigenvalue weighted by Gasteiger charge is -2.06. The Morgan fingerprint density at radius 2 is 1.70 bits per heavy atom. The van der Waals surface area contributed by atoms with Crippen LogP contribution in [0.25, 0.3) is 0 Å². The number of carboxylic acid groups (broad SMARTS) is 2. The van der Waals surface area contributed by atoms with Crippen LogP contribution in [0.5, 0.6) is 0 Å². The molecule has 1 aromatic carbocycles. The largest absolute Gasteiger partial charge is 0.481 e. The lowest BCUT2D eigenvalue weighted by atomic mass is 10.00. The number of nitrogen functional groups attached to an aromatic ring is 1. The van der Waals surface area contributed by atoms with Crippen molar-refractivity contribution in [2.24, 2.45) is 5.92 Å². The fourth-order valence-electron chi connectivity index (χ4n) is 1.58. The van der Waals surface area contributed by atoms with Crippen LogP contribution in [0, 0.1) is 5.92 Å². The van der Waals surface area contributed by atoms with E-state index in [1.165, 1.54) is 12.1 Å². The number of rotatable bonds is 6. The molecule has 0 spiro atoms. The topological polar surface area (TPSA) is 101 Å². The predicted molar refractivity (Wildman–Crippen MR) is 78.8 cm³/mol. The zero-order valence-electron chi connectivity index (χ0n) is 12.0. The average Bonchev–Trinajstić information content (AvgIpc) is 2.40. The molecule has 112 valence electrons. The molecule has 20 heavy (non-hydrogen) atoms. The van der Waals surface area contributed by atoms with Crippen molar-refractivity contribution in [3.8, 4) is 0 Å². The van der Waals surface area contributed by atoms with E-state index in [1.807, 2.05) is 6.92 Å². The van der Waals surface area contributed by atoms with E-state index in [0.29, 0.717) is 5.69 Å². The number of aliphatic carboxylic acids is 1. The van der Waals surface area contributed by atoms with Gasteiger partial charge in [-0.25, -0.2) is 4.79 Å². The van der Waals surface area contributed by atoms with Crippen molar-refractivity contribution in [3.05, 3.63) is 29.8 Å². The van der Waals surface area contributed by atoms with E-state index in [4.69, 9.17) is 15.9 Å². The summed E-state index contributed by atoms with van der Waals surface area (Å²) in [5.74, 6) is -1.68. The summed E-state index contributed by atoms with van der Waals surface area (Å²) in [6.45, 7) is 4.00. The van der Waals surface area contributed by atoms with Crippen LogP contribution < -0.4 is 5.73 Å². The van der Waals surface area contributed by atoms with Gasteiger partial charge in [0.1, 0.15) is 0 Å². The molecule has 1 atom stereocenters. The molecule has 1 rings (SSSR count). The maximum Gasteiger partial charge on any atom is 0.335 e. The van der Waals surface area contributed by atoms with Crippen LogP contribution >= 0.6 is 0 Å². The highest BCUT2D eigenvalue weighted by Gasteiger charge is 2.12. The number of aromatic carboxylic acids is 1. The highest BCUT2D eigenvalue weighted by molar-refractivity contribution is 5.87. The van der Waals surface area contributed by atoms with Crippen LogP contribution in [0.4, 0.5) is 5.69 Å². The molecule has 0 saturated carbocycles. The van der Waals surface area contributed by atoms with E-state index in [1.54, 1.807) is 12.1 Å². The summed E-state index contributed by atoms with van der Waals surface area (Å²) in [7, 11) is 0. The summed E-state index contributed by atoms with van der Waals surface area (Å²) >= 11 is 0. The third-order valence-electron chi connectivity index (χ3n) is 2.91. The Labute approximate surface area is 119 Å². The predicted octanol–water partition coefficient (Wildman–Crippen LogP) is 3.25. The van der Waals surface area contributed by atoms with Crippen molar-refractivity contribution in [3.63, 3.8) is 0 Å². The Morgan fingerprint density at radius 1 is 1.15 bits per heavy atom. The standard InChI is InChI=1S/C8H16O2.C7H7NO2/c1-3-5-6-7(4-2)8(9)10;8-6-3-1-5(2-4-6)7(9)10/h7H,3-6H2,1-2H3,(H,9,10);1-4H,8H2,(H,9,10). The maximum atomic E-state index is 10.4. The molecule has 1 aromatic rings. The molecule has 0 heterocycles. The molecule has 0 saturated heterocycles. The minimum Gasteiger partial charge on any atom is -0.481 e. The van der Waals surface area contributed by atoms with E-state index in [2.05, 4.69) is 6.92 Å². The van der Waals surface area contributed by atoms with Gasteiger partial charge in [-0.05, 0) is 37.1 Å². The molecular formula is C15H23NO4. The smallest absolute Gasteiger partial charge is 0.335 e. The van der Waals surface area contributed by atoms with Crippen molar-refractivity contribution in [2.75, 3.05) is 5.73 Å². The molecule has 1 unspecified atom stereocenters. The zero-order chi connectivity index (χ0) is 15.5. The van der Waals surface area contributed by atoms with Crippen molar-refractivity contribution in [1.82, 2.24) is 0 Å². The van der Waals surface area contributed by atoms with Gasteiger partial charge >= 0.3 is 11.9 Å². The first-order chi connectivity index (χ1) is 9.42. The number of carboxylic acids is 2. The van der Waals surface area contributed by atoms with Gasteiger partial charge < -0.3 is 15.9 Å². The molecule has 0 fully saturated rings. The first-order valence-corrected chi connectivity index (χ1v) is 6.73. The highest BCUT2D eigenvalue weighted by atomic mass is 16.4. The fraction of sp³-hybridized carbons (Fsp3) is 0.467. The van der Waals surface area contributed by atoms with E-state index >= 15 is 0 Å². The van der Waals surface area contributed by atoms with Gasteiger partial charge in [0.25, 0.3) is 0 Å². The third kappa shape index (κ3) is 7.41. The molecule has 0 aromatic heterocycles. The minimum absolute atomic E-state index is 0.111. The molecule has 0 bridgehead atoms. The lowest BCUT2D eigenvalue weighted by Crippen LogP contribution is -2.11. The molecular weight excluding hydrogens is 258 g/mol. The second-order valence-electron chi connectivity index (χ2n) is 4.51. The Balaban J connectivity index is 0.000000361.